The summed E-state index contributed by atoms with van der Waals surface area (Å²) < 4.78 is 23.0. The van der Waals surface area contributed by atoms with Crippen LogP contribution in [-0.4, -0.2) is 48.2 Å². The van der Waals surface area contributed by atoms with Gasteiger partial charge in [-0.25, -0.2) is 0 Å². The fourth-order valence-electron chi connectivity index (χ4n) is 2.41. The lowest BCUT2D eigenvalue weighted by atomic mass is 10.1. The summed E-state index contributed by atoms with van der Waals surface area (Å²) in [5, 5.41) is 9.05. The second-order valence-corrected chi connectivity index (χ2v) is 5.52. The molecule has 0 radical (unpaired) electrons. The maximum absolute atomic E-state index is 9.05. The molecule has 3 unspecified atom stereocenters. The maximum atomic E-state index is 9.05. The van der Waals surface area contributed by atoms with Crippen molar-refractivity contribution < 1.29 is 24.1 Å². The van der Waals surface area contributed by atoms with E-state index >= 15 is 0 Å². The molecule has 17 heavy (non-hydrogen) atoms. The van der Waals surface area contributed by atoms with Crippen LogP contribution in [-0.2, 0) is 18.9 Å². The summed E-state index contributed by atoms with van der Waals surface area (Å²) >= 11 is 0. The van der Waals surface area contributed by atoms with Crippen LogP contribution in [0.3, 0.4) is 0 Å². The predicted octanol–water partition coefficient (Wildman–Crippen LogP) is 1.04. The number of hydrogen-bond acceptors (Lipinski definition) is 5. The van der Waals surface area contributed by atoms with Crippen LogP contribution in [0.15, 0.2) is 0 Å². The van der Waals surface area contributed by atoms with Crippen molar-refractivity contribution in [2.24, 2.45) is 0 Å². The first kappa shape index (κ1) is 13.2. The van der Waals surface area contributed by atoms with Gasteiger partial charge < -0.3 is 24.1 Å². The second kappa shape index (κ2) is 4.48. The van der Waals surface area contributed by atoms with Crippen molar-refractivity contribution in [3.63, 3.8) is 0 Å². The van der Waals surface area contributed by atoms with E-state index in [2.05, 4.69) is 0 Å². The van der Waals surface area contributed by atoms with Gasteiger partial charge in [-0.3, -0.25) is 0 Å². The Balaban J connectivity index is 2.03. The number of ether oxygens (including phenoxy) is 4. The van der Waals surface area contributed by atoms with Gasteiger partial charge in [-0.1, -0.05) is 0 Å². The largest absolute Gasteiger partial charge is 0.396 e. The van der Waals surface area contributed by atoms with Crippen molar-refractivity contribution >= 4 is 0 Å². The smallest absolute Gasteiger partial charge is 0.163 e. The maximum Gasteiger partial charge on any atom is 0.163 e. The van der Waals surface area contributed by atoms with Crippen molar-refractivity contribution in [2.45, 2.75) is 64.0 Å². The molecule has 2 fully saturated rings. The van der Waals surface area contributed by atoms with Gasteiger partial charge in [0, 0.05) is 6.61 Å². The van der Waals surface area contributed by atoms with Crippen molar-refractivity contribution in [1.82, 2.24) is 0 Å². The third-order valence-corrected chi connectivity index (χ3v) is 3.03. The first-order chi connectivity index (χ1) is 7.83. The van der Waals surface area contributed by atoms with E-state index < -0.39 is 11.6 Å². The van der Waals surface area contributed by atoms with Crippen LogP contribution in [0.1, 0.15) is 34.1 Å². The Morgan fingerprint density at radius 3 is 2.29 bits per heavy atom. The Morgan fingerprint density at radius 1 is 1.06 bits per heavy atom. The predicted molar refractivity (Wildman–Crippen MR) is 60.4 cm³/mol. The monoisotopic (exact) mass is 246 g/mol. The van der Waals surface area contributed by atoms with Crippen LogP contribution in [0.4, 0.5) is 0 Å². The average molecular weight is 246 g/mol. The summed E-state index contributed by atoms with van der Waals surface area (Å²) in [6.07, 6.45) is 0.0914. The van der Waals surface area contributed by atoms with Crippen LogP contribution < -0.4 is 0 Å². The first-order valence-electron chi connectivity index (χ1n) is 6.11. The minimum Gasteiger partial charge on any atom is -0.396 e. The molecule has 0 amide bonds. The molecule has 0 saturated carbocycles. The molecule has 5 heteroatoms. The summed E-state index contributed by atoms with van der Waals surface area (Å²) in [5.41, 5.74) is 0. The van der Waals surface area contributed by atoms with E-state index in [0.29, 0.717) is 13.0 Å². The molecule has 2 aliphatic rings. The fraction of sp³-hybridized carbons (Fsp3) is 1.00. The molecule has 0 bridgehead atoms. The Bertz CT molecular complexity index is 276. The van der Waals surface area contributed by atoms with E-state index in [1.54, 1.807) is 0 Å². The summed E-state index contributed by atoms with van der Waals surface area (Å²) in [6.45, 7) is 8.09. The molecule has 0 spiro atoms. The zero-order valence-corrected chi connectivity index (χ0v) is 10.9. The lowest BCUT2D eigenvalue weighted by Crippen LogP contribution is -2.38. The topological polar surface area (TPSA) is 57.2 Å². The molecule has 0 aromatic heterocycles. The zero-order chi connectivity index (χ0) is 12.7. The molecule has 2 rings (SSSR count). The van der Waals surface area contributed by atoms with E-state index in [-0.39, 0.29) is 24.9 Å². The Morgan fingerprint density at radius 2 is 1.76 bits per heavy atom. The van der Waals surface area contributed by atoms with Gasteiger partial charge in [-0.2, -0.15) is 0 Å². The lowest BCUT2D eigenvalue weighted by molar-refractivity contribution is -0.174. The SMILES string of the molecule is CC1(C)OCC(C2OC(C)(C)OC2CCO)O1. The highest BCUT2D eigenvalue weighted by Crippen LogP contribution is 2.36. The highest BCUT2D eigenvalue weighted by Gasteiger charge is 2.49. The minimum absolute atomic E-state index is 0.0809. The molecule has 2 aliphatic heterocycles. The van der Waals surface area contributed by atoms with E-state index in [9.17, 15) is 0 Å². The van der Waals surface area contributed by atoms with Gasteiger partial charge >= 0.3 is 0 Å². The van der Waals surface area contributed by atoms with Crippen molar-refractivity contribution in [2.75, 3.05) is 13.2 Å². The molecule has 0 aliphatic carbocycles. The molecule has 0 aromatic carbocycles. The van der Waals surface area contributed by atoms with Crippen LogP contribution in [0.25, 0.3) is 0 Å². The van der Waals surface area contributed by atoms with E-state index in [1.807, 2.05) is 27.7 Å². The van der Waals surface area contributed by atoms with E-state index in [1.165, 1.54) is 0 Å². The van der Waals surface area contributed by atoms with Crippen LogP contribution in [0.5, 0.6) is 0 Å². The lowest BCUT2D eigenvalue weighted by Gasteiger charge is -2.23. The van der Waals surface area contributed by atoms with Crippen molar-refractivity contribution in [1.29, 1.82) is 0 Å². The molecule has 0 aromatic rings. The van der Waals surface area contributed by atoms with Crippen LogP contribution >= 0.6 is 0 Å². The highest BCUT2D eigenvalue weighted by molar-refractivity contribution is 4.90. The van der Waals surface area contributed by atoms with E-state index in [0.717, 1.165) is 0 Å². The summed E-state index contributed by atoms with van der Waals surface area (Å²) in [6, 6.07) is 0. The molecule has 3 atom stereocenters. The quantitative estimate of drug-likeness (QED) is 0.806. The van der Waals surface area contributed by atoms with Crippen LogP contribution in [0.2, 0.25) is 0 Å². The molecular weight excluding hydrogens is 224 g/mol. The first-order valence-corrected chi connectivity index (χ1v) is 6.11. The van der Waals surface area contributed by atoms with Crippen LogP contribution in [0, 0.1) is 0 Å². The van der Waals surface area contributed by atoms with Gasteiger partial charge in [-0.05, 0) is 34.1 Å². The molecular formula is C12H22O5. The minimum atomic E-state index is -0.624. The van der Waals surface area contributed by atoms with Crippen molar-refractivity contribution in [3.8, 4) is 0 Å². The Kier molecular flexibility index (Phi) is 3.49. The van der Waals surface area contributed by atoms with Gasteiger partial charge in [0.05, 0.1) is 12.7 Å². The third-order valence-electron chi connectivity index (χ3n) is 3.03. The van der Waals surface area contributed by atoms with E-state index in [4.69, 9.17) is 24.1 Å². The van der Waals surface area contributed by atoms with Gasteiger partial charge in [0.2, 0.25) is 0 Å². The number of aliphatic hydroxyl groups is 1. The molecule has 2 heterocycles. The molecule has 100 valence electrons. The Labute approximate surface area is 102 Å². The number of hydrogen-bond donors (Lipinski definition) is 1. The van der Waals surface area contributed by atoms with Gasteiger partial charge in [0.25, 0.3) is 0 Å². The van der Waals surface area contributed by atoms with Gasteiger partial charge in [0.1, 0.15) is 12.2 Å². The average Bonchev–Trinajstić information content (AvgIpc) is 2.67. The number of rotatable bonds is 3. The molecule has 5 nitrogen and oxygen atoms in total. The van der Waals surface area contributed by atoms with Gasteiger partial charge in [0.15, 0.2) is 11.6 Å². The highest BCUT2D eigenvalue weighted by atomic mass is 16.8. The second-order valence-electron chi connectivity index (χ2n) is 5.52. The Hall–Kier alpha value is -0.200. The fourth-order valence-corrected chi connectivity index (χ4v) is 2.41. The third kappa shape index (κ3) is 2.98. The molecule has 2 saturated heterocycles. The van der Waals surface area contributed by atoms with Crippen molar-refractivity contribution in [3.05, 3.63) is 0 Å². The summed E-state index contributed by atoms with van der Waals surface area (Å²) in [7, 11) is 0. The number of aliphatic hydroxyl groups excluding tert-OH is 1. The van der Waals surface area contributed by atoms with Gasteiger partial charge in [-0.15, -0.1) is 0 Å². The normalized spacial score (nSPS) is 39.7. The summed E-state index contributed by atoms with van der Waals surface area (Å²) in [5.74, 6) is -1.19. The zero-order valence-electron chi connectivity index (χ0n) is 10.9. The standard InChI is InChI=1S/C12H22O5/c1-11(2)14-7-9(16-11)10-8(5-6-13)15-12(3,4)17-10/h8-10,13H,5-7H2,1-4H3. The molecule has 1 N–H and O–H groups in total. The summed E-state index contributed by atoms with van der Waals surface area (Å²) in [4.78, 5) is 0.